The number of benzene rings is 1. The number of carboxylic acid groups (broad SMARTS) is 1. The van der Waals surface area contributed by atoms with E-state index in [1.165, 1.54) is 0 Å². The molecule has 12 heteroatoms. The van der Waals surface area contributed by atoms with Crippen molar-refractivity contribution >= 4 is 17.3 Å². The topological polar surface area (TPSA) is 111 Å². The second kappa shape index (κ2) is 5.75. The van der Waals surface area contributed by atoms with Gasteiger partial charge in [-0.3, -0.25) is 10.1 Å². The van der Waals surface area contributed by atoms with Crippen LogP contribution in [0.15, 0.2) is 30.3 Å². The number of carboxylic acids is 1. The van der Waals surface area contributed by atoms with E-state index in [4.69, 9.17) is 5.11 Å². The predicted octanol–water partition coefficient (Wildman–Crippen LogP) is 3.16. The smallest absolute Gasteiger partial charge is 0.433 e. The summed E-state index contributed by atoms with van der Waals surface area (Å²) in [6, 6.07) is 3.80. The van der Waals surface area contributed by atoms with Crippen LogP contribution in [-0.4, -0.2) is 30.6 Å². The quantitative estimate of drug-likeness (QED) is 0.431. The van der Waals surface area contributed by atoms with Crippen LogP contribution in [0, 0.1) is 15.9 Å². The molecule has 0 spiro atoms. The first-order valence-electron chi connectivity index (χ1n) is 6.73. The van der Waals surface area contributed by atoms with Crippen LogP contribution in [-0.2, 0) is 6.18 Å². The molecule has 0 amide bonds. The molecule has 134 valence electrons. The van der Waals surface area contributed by atoms with Crippen molar-refractivity contribution in [2.24, 2.45) is 0 Å². The highest BCUT2D eigenvalue weighted by Gasteiger charge is 2.36. The fourth-order valence-corrected chi connectivity index (χ4v) is 2.24. The van der Waals surface area contributed by atoms with Gasteiger partial charge in [0.05, 0.1) is 16.7 Å². The van der Waals surface area contributed by atoms with Crippen molar-refractivity contribution in [3.63, 3.8) is 0 Å². The minimum Gasteiger partial charge on any atom is -0.477 e. The lowest BCUT2D eigenvalue weighted by Crippen LogP contribution is -2.16. The Morgan fingerprint density at radius 3 is 2.46 bits per heavy atom. The lowest BCUT2D eigenvalue weighted by molar-refractivity contribution is -0.385. The molecule has 0 aliphatic rings. The highest BCUT2D eigenvalue weighted by molar-refractivity contribution is 5.86. The number of nitro benzene ring substituents is 1. The van der Waals surface area contributed by atoms with Gasteiger partial charge in [-0.1, -0.05) is 0 Å². The van der Waals surface area contributed by atoms with Gasteiger partial charge in [-0.2, -0.15) is 18.3 Å². The van der Waals surface area contributed by atoms with Crippen molar-refractivity contribution < 1.29 is 32.4 Å². The van der Waals surface area contributed by atoms with Gasteiger partial charge in [0.1, 0.15) is 5.82 Å². The Hall–Kier alpha value is -3.57. The standard InChI is InChI=1S/C14H6F4N4O4/c15-8-3-6(22(25)26)1-2-7(8)9-5-12-19-10(13(23)24)4-11(14(16,17)18)21(12)20-9/h1-5H,(H,23,24). The number of nitro groups is 1. The second-order valence-corrected chi connectivity index (χ2v) is 5.05. The number of aromatic nitrogens is 3. The molecular weight excluding hydrogens is 364 g/mol. The summed E-state index contributed by atoms with van der Waals surface area (Å²) in [4.78, 5) is 24.3. The van der Waals surface area contributed by atoms with E-state index < -0.39 is 45.6 Å². The molecule has 1 N–H and O–H groups in total. The summed E-state index contributed by atoms with van der Waals surface area (Å²) in [6.45, 7) is 0. The molecule has 0 aliphatic heterocycles. The Balaban J connectivity index is 2.24. The molecule has 0 fully saturated rings. The van der Waals surface area contributed by atoms with Gasteiger partial charge in [0.15, 0.2) is 17.0 Å². The molecule has 0 aliphatic carbocycles. The predicted molar refractivity (Wildman–Crippen MR) is 77.0 cm³/mol. The largest absolute Gasteiger partial charge is 0.477 e. The number of non-ortho nitro benzene ring substituents is 1. The number of alkyl halides is 3. The zero-order valence-corrected chi connectivity index (χ0v) is 12.4. The average Bonchev–Trinajstić information content (AvgIpc) is 2.95. The number of hydrogen-bond donors (Lipinski definition) is 1. The van der Waals surface area contributed by atoms with Crippen molar-refractivity contribution in [2.75, 3.05) is 0 Å². The molecule has 26 heavy (non-hydrogen) atoms. The average molecular weight is 370 g/mol. The monoisotopic (exact) mass is 370 g/mol. The van der Waals surface area contributed by atoms with Crippen LogP contribution < -0.4 is 0 Å². The highest BCUT2D eigenvalue weighted by atomic mass is 19.4. The van der Waals surface area contributed by atoms with Crippen LogP contribution in [0.1, 0.15) is 16.2 Å². The molecule has 0 saturated heterocycles. The molecule has 2 heterocycles. The van der Waals surface area contributed by atoms with Gasteiger partial charge in [0.25, 0.3) is 5.69 Å². The zero-order valence-electron chi connectivity index (χ0n) is 12.4. The van der Waals surface area contributed by atoms with Gasteiger partial charge in [0.2, 0.25) is 0 Å². The van der Waals surface area contributed by atoms with Crippen LogP contribution in [0.2, 0.25) is 0 Å². The van der Waals surface area contributed by atoms with Gasteiger partial charge in [-0.05, 0) is 6.07 Å². The molecular formula is C14H6F4N4O4. The summed E-state index contributed by atoms with van der Waals surface area (Å²) in [5.74, 6) is -2.75. The Labute approximate surface area is 140 Å². The van der Waals surface area contributed by atoms with E-state index in [1.54, 1.807) is 0 Å². The van der Waals surface area contributed by atoms with Gasteiger partial charge in [-0.25, -0.2) is 18.7 Å². The third kappa shape index (κ3) is 2.92. The van der Waals surface area contributed by atoms with E-state index in [1.807, 2.05) is 0 Å². The van der Waals surface area contributed by atoms with E-state index in [0.717, 1.165) is 18.2 Å². The number of fused-ring (bicyclic) bond motifs is 1. The third-order valence-corrected chi connectivity index (χ3v) is 3.38. The van der Waals surface area contributed by atoms with Crippen LogP contribution >= 0.6 is 0 Å². The maximum atomic E-state index is 14.1. The summed E-state index contributed by atoms with van der Waals surface area (Å²) in [6.07, 6.45) is -4.94. The van der Waals surface area contributed by atoms with Gasteiger partial charge >= 0.3 is 12.1 Å². The van der Waals surface area contributed by atoms with Crippen LogP contribution in [0.5, 0.6) is 0 Å². The van der Waals surface area contributed by atoms with Gasteiger partial charge in [0, 0.05) is 23.8 Å². The first-order valence-corrected chi connectivity index (χ1v) is 6.73. The molecule has 0 atom stereocenters. The van der Waals surface area contributed by atoms with Crippen LogP contribution in [0.3, 0.4) is 0 Å². The first kappa shape index (κ1) is 17.3. The Morgan fingerprint density at radius 1 is 1.23 bits per heavy atom. The van der Waals surface area contributed by atoms with Gasteiger partial charge < -0.3 is 5.11 Å². The van der Waals surface area contributed by atoms with Crippen molar-refractivity contribution in [2.45, 2.75) is 6.18 Å². The SMILES string of the molecule is O=C(O)c1cc(C(F)(F)F)n2nc(-c3ccc([N+](=O)[O-])cc3F)cc2n1. The molecule has 0 unspecified atom stereocenters. The zero-order chi connectivity index (χ0) is 19.2. The van der Waals surface area contributed by atoms with E-state index in [9.17, 15) is 32.5 Å². The Kier molecular flexibility index (Phi) is 3.82. The number of aromatic carboxylic acids is 1. The molecule has 3 rings (SSSR count). The van der Waals surface area contributed by atoms with E-state index in [2.05, 4.69) is 10.1 Å². The lowest BCUT2D eigenvalue weighted by Gasteiger charge is -2.09. The fourth-order valence-electron chi connectivity index (χ4n) is 2.24. The maximum absolute atomic E-state index is 14.1. The summed E-state index contributed by atoms with van der Waals surface area (Å²) in [7, 11) is 0. The minimum atomic E-state index is -4.94. The molecule has 1 aromatic carbocycles. The normalized spacial score (nSPS) is 11.7. The second-order valence-electron chi connectivity index (χ2n) is 5.05. The maximum Gasteiger partial charge on any atom is 0.433 e. The number of rotatable bonds is 3. The summed E-state index contributed by atoms with van der Waals surface area (Å²) in [5.41, 5.74) is -3.87. The Morgan fingerprint density at radius 2 is 1.92 bits per heavy atom. The van der Waals surface area contributed by atoms with E-state index in [-0.39, 0.29) is 11.3 Å². The number of hydrogen-bond acceptors (Lipinski definition) is 5. The Bertz CT molecular complexity index is 1060. The third-order valence-electron chi connectivity index (χ3n) is 3.38. The van der Waals surface area contributed by atoms with Crippen LogP contribution in [0.25, 0.3) is 16.9 Å². The van der Waals surface area contributed by atoms with Crippen molar-refractivity contribution in [3.05, 3.63) is 57.7 Å². The molecule has 0 saturated carbocycles. The summed E-state index contributed by atoms with van der Waals surface area (Å²) in [5, 5.41) is 23.1. The van der Waals surface area contributed by atoms with E-state index in [0.29, 0.717) is 16.6 Å². The van der Waals surface area contributed by atoms with Crippen molar-refractivity contribution in [1.29, 1.82) is 0 Å². The van der Waals surface area contributed by atoms with Crippen LogP contribution in [0.4, 0.5) is 23.2 Å². The summed E-state index contributed by atoms with van der Waals surface area (Å²) < 4.78 is 53.9. The molecule has 8 nitrogen and oxygen atoms in total. The minimum absolute atomic E-state index is 0.294. The van der Waals surface area contributed by atoms with Crippen molar-refractivity contribution in [3.8, 4) is 11.3 Å². The fraction of sp³-hybridized carbons (Fsp3) is 0.0714. The van der Waals surface area contributed by atoms with Gasteiger partial charge in [-0.15, -0.1) is 0 Å². The molecule has 2 aromatic heterocycles. The lowest BCUT2D eigenvalue weighted by atomic mass is 10.1. The van der Waals surface area contributed by atoms with E-state index >= 15 is 0 Å². The molecule has 0 radical (unpaired) electrons. The first-order chi connectivity index (χ1) is 12.1. The number of carbonyl (C=O) groups is 1. The highest BCUT2D eigenvalue weighted by Crippen LogP contribution is 2.32. The number of halogens is 4. The molecule has 0 bridgehead atoms. The number of nitrogens with zero attached hydrogens (tertiary/aromatic N) is 4. The summed E-state index contributed by atoms with van der Waals surface area (Å²) >= 11 is 0. The molecule has 3 aromatic rings. The van der Waals surface area contributed by atoms with Crippen molar-refractivity contribution in [1.82, 2.24) is 14.6 Å².